The topological polar surface area (TPSA) is 94.1 Å². The van der Waals surface area contributed by atoms with Gasteiger partial charge in [-0.05, 0) is 25.5 Å². The second-order valence-corrected chi connectivity index (χ2v) is 6.34. The molecule has 0 bridgehead atoms. The van der Waals surface area contributed by atoms with Crippen LogP contribution in [0.25, 0.3) is 0 Å². The van der Waals surface area contributed by atoms with Gasteiger partial charge in [-0.1, -0.05) is 15.9 Å². The molecule has 0 saturated heterocycles. The second-order valence-electron chi connectivity index (χ2n) is 5.55. The summed E-state index contributed by atoms with van der Waals surface area (Å²) in [4.78, 5) is 24.4. The van der Waals surface area contributed by atoms with Crippen molar-refractivity contribution in [1.29, 1.82) is 0 Å². The number of methoxy groups -OCH3 is 2. The number of rotatable bonds is 7. The number of alkyl halides is 1. The minimum atomic E-state index is -1.51. The standard InChI is InChI=1S/C17H20BrNO6/c1-17(11-7-6-10(23-2)9-12(11)24-3)15(22)14(21)16(25-17)19-13(20)5-4-8-18/h6-7,9,21H,4-5,8H2,1-3H3,(H,19,20). The minimum Gasteiger partial charge on any atom is -0.501 e. The number of nitrogens with one attached hydrogen (secondary N) is 1. The Hall–Kier alpha value is -2.22. The summed E-state index contributed by atoms with van der Waals surface area (Å²) < 4.78 is 16.1. The number of benzene rings is 1. The molecule has 0 saturated carbocycles. The Morgan fingerprint density at radius 1 is 1.36 bits per heavy atom. The summed E-state index contributed by atoms with van der Waals surface area (Å²) in [5.74, 6) is -0.950. The normalized spacial score (nSPS) is 19.6. The fraction of sp³-hybridized carbons (Fsp3) is 0.412. The third-order valence-electron chi connectivity index (χ3n) is 3.88. The Balaban J connectivity index is 2.29. The maximum atomic E-state index is 12.6. The smallest absolute Gasteiger partial charge is 0.250 e. The highest BCUT2D eigenvalue weighted by Crippen LogP contribution is 2.42. The lowest BCUT2D eigenvalue weighted by Crippen LogP contribution is -2.32. The molecule has 136 valence electrons. The molecule has 2 rings (SSSR count). The van der Waals surface area contributed by atoms with Crippen LogP contribution in [0.15, 0.2) is 29.8 Å². The zero-order valence-corrected chi connectivity index (χ0v) is 15.8. The molecule has 1 unspecified atom stereocenters. The molecule has 8 heteroatoms. The molecule has 0 spiro atoms. The Morgan fingerprint density at radius 2 is 2.08 bits per heavy atom. The van der Waals surface area contributed by atoms with E-state index in [-0.39, 0.29) is 18.2 Å². The van der Waals surface area contributed by atoms with Gasteiger partial charge >= 0.3 is 0 Å². The summed E-state index contributed by atoms with van der Waals surface area (Å²) in [6, 6.07) is 4.89. The van der Waals surface area contributed by atoms with Gasteiger partial charge in [0.2, 0.25) is 23.2 Å². The molecular weight excluding hydrogens is 394 g/mol. The van der Waals surface area contributed by atoms with E-state index in [2.05, 4.69) is 21.2 Å². The highest BCUT2D eigenvalue weighted by molar-refractivity contribution is 9.09. The van der Waals surface area contributed by atoms with E-state index >= 15 is 0 Å². The van der Waals surface area contributed by atoms with E-state index in [1.54, 1.807) is 18.2 Å². The molecule has 0 aromatic heterocycles. The van der Waals surface area contributed by atoms with E-state index in [4.69, 9.17) is 14.2 Å². The molecule has 1 atom stereocenters. The zero-order valence-electron chi connectivity index (χ0n) is 14.2. The second kappa shape index (κ2) is 7.77. The molecular formula is C17H20BrNO6. The van der Waals surface area contributed by atoms with Crippen molar-refractivity contribution < 1.29 is 28.9 Å². The summed E-state index contributed by atoms with van der Waals surface area (Å²) in [6.07, 6.45) is 0.861. The monoisotopic (exact) mass is 413 g/mol. The molecule has 1 aromatic rings. The van der Waals surface area contributed by atoms with Gasteiger partial charge in [0, 0.05) is 23.4 Å². The first-order valence-corrected chi connectivity index (χ1v) is 8.75. The molecule has 1 amide bonds. The number of hydrogen-bond acceptors (Lipinski definition) is 6. The number of aliphatic hydroxyl groups is 1. The first-order valence-electron chi connectivity index (χ1n) is 7.62. The van der Waals surface area contributed by atoms with Crippen LogP contribution in [0.2, 0.25) is 0 Å². The van der Waals surface area contributed by atoms with Crippen molar-refractivity contribution in [3.05, 3.63) is 35.4 Å². The van der Waals surface area contributed by atoms with Gasteiger partial charge in [0.25, 0.3) is 5.78 Å². The summed E-state index contributed by atoms with van der Waals surface area (Å²) in [5.41, 5.74) is -1.10. The molecule has 7 nitrogen and oxygen atoms in total. The van der Waals surface area contributed by atoms with Crippen LogP contribution < -0.4 is 14.8 Å². The Morgan fingerprint density at radius 3 is 2.68 bits per heavy atom. The van der Waals surface area contributed by atoms with E-state index in [9.17, 15) is 14.7 Å². The summed E-state index contributed by atoms with van der Waals surface area (Å²) >= 11 is 3.24. The third kappa shape index (κ3) is 3.73. The lowest BCUT2D eigenvalue weighted by Gasteiger charge is -2.25. The van der Waals surface area contributed by atoms with Gasteiger partial charge in [-0.25, -0.2) is 0 Å². The SMILES string of the molecule is COc1ccc(C2(C)OC(NC(=O)CCCBr)=C(O)C2=O)c(OC)c1. The molecule has 2 N–H and O–H groups in total. The molecule has 25 heavy (non-hydrogen) atoms. The number of hydrogen-bond donors (Lipinski definition) is 2. The molecule has 1 aromatic carbocycles. The van der Waals surface area contributed by atoms with Gasteiger partial charge in [-0.3, -0.25) is 14.9 Å². The number of aliphatic hydroxyl groups excluding tert-OH is 1. The number of carbonyl (C=O) groups is 2. The fourth-order valence-electron chi connectivity index (χ4n) is 2.50. The number of Topliss-reactive ketones (excluding diaryl/α,β-unsaturated/α-hetero) is 1. The average Bonchev–Trinajstić information content (AvgIpc) is 2.83. The van der Waals surface area contributed by atoms with Crippen molar-refractivity contribution >= 4 is 27.6 Å². The Labute approximate surface area is 154 Å². The van der Waals surface area contributed by atoms with Gasteiger partial charge in [0.15, 0.2) is 0 Å². The van der Waals surface area contributed by atoms with E-state index < -0.39 is 17.1 Å². The van der Waals surface area contributed by atoms with E-state index in [1.807, 2.05) is 0 Å². The molecule has 0 aliphatic carbocycles. The number of ketones is 1. The number of carbonyl (C=O) groups excluding carboxylic acids is 2. The van der Waals surface area contributed by atoms with Crippen LogP contribution in [-0.4, -0.2) is 36.3 Å². The predicted molar refractivity (Wildman–Crippen MR) is 93.8 cm³/mol. The van der Waals surface area contributed by atoms with E-state index in [1.165, 1.54) is 21.1 Å². The van der Waals surface area contributed by atoms with Crippen LogP contribution >= 0.6 is 15.9 Å². The maximum Gasteiger partial charge on any atom is 0.250 e. The molecule has 1 aliphatic heterocycles. The first-order chi connectivity index (χ1) is 11.9. The van der Waals surface area contributed by atoms with Gasteiger partial charge in [0.1, 0.15) is 11.5 Å². The molecule has 1 heterocycles. The predicted octanol–water partition coefficient (Wildman–Crippen LogP) is 2.54. The van der Waals surface area contributed by atoms with Crippen LogP contribution in [0.1, 0.15) is 25.3 Å². The van der Waals surface area contributed by atoms with Gasteiger partial charge in [-0.2, -0.15) is 0 Å². The molecule has 0 fully saturated rings. The molecule has 0 radical (unpaired) electrons. The largest absolute Gasteiger partial charge is 0.501 e. The number of amides is 1. The van der Waals surface area contributed by atoms with Crippen molar-refractivity contribution in [3.63, 3.8) is 0 Å². The highest BCUT2D eigenvalue weighted by Gasteiger charge is 2.49. The van der Waals surface area contributed by atoms with Crippen LogP contribution in [-0.2, 0) is 19.9 Å². The van der Waals surface area contributed by atoms with Crippen molar-refractivity contribution in [1.82, 2.24) is 5.32 Å². The maximum absolute atomic E-state index is 12.6. The van der Waals surface area contributed by atoms with Gasteiger partial charge in [-0.15, -0.1) is 0 Å². The third-order valence-corrected chi connectivity index (χ3v) is 4.44. The van der Waals surface area contributed by atoms with Gasteiger partial charge < -0.3 is 19.3 Å². The van der Waals surface area contributed by atoms with Crippen molar-refractivity contribution in [2.24, 2.45) is 0 Å². The summed E-state index contributed by atoms with van der Waals surface area (Å²) in [6.45, 7) is 1.51. The van der Waals surface area contributed by atoms with Crippen molar-refractivity contribution in [2.75, 3.05) is 19.5 Å². The van der Waals surface area contributed by atoms with E-state index in [0.717, 1.165) is 0 Å². The fourth-order valence-corrected chi connectivity index (χ4v) is 2.78. The van der Waals surface area contributed by atoms with Crippen molar-refractivity contribution in [3.8, 4) is 11.5 Å². The number of ether oxygens (including phenoxy) is 3. The van der Waals surface area contributed by atoms with Crippen LogP contribution in [0.3, 0.4) is 0 Å². The van der Waals surface area contributed by atoms with Crippen LogP contribution in [0, 0.1) is 0 Å². The zero-order chi connectivity index (χ0) is 18.6. The number of halogens is 1. The lowest BCUT2D eigenvalue weighted by atomic mass is 9.90. The Bertz CT molecular complexity index is 717. The quantitative estimate of drug-likeness (QED) is 0.667. The van der Waals surface area contributed by atoms with Crippen molar-refractivity contribution in [2.45, 2.75) is 25.4 Å². The highest BCUT2D eigenvalue weighted by atomic mass is 79.9. The molecule has 1 aliphatic rings. The van der Waals surface area contributed by atoms with Crippen LogP contribution in [0.4, 0.5) is 0 Å². The first kappa shape index (κ1) is 19.1. The summed E-state index contributed by atoms with van der Waals surface area (Å²) in [7, 11) is 2.97. The Kier molecular flexibility index (Phi) is 5.94. The van der Waals surface area contributed by atoms with E-state index in [0.29, 0.717) is 28.8 Å². The minimum absolute atomic E-state index is 0.238. The van der Waals surface area contributed by atoms with Gasteiger partial charge in [0.05, 0.1) is 14.2 Å². The van der Waals surface area contributed by atoms with Crippen LogP contribution in [0.5, 0.6) is 11.5 Å². The lowest BCUT2D eigenvalue weighted by molar-refractivity contribution is -0.133. The summed E-state index contributed by atoms with van der Waals surface area (Å²) in [5, 5.41) is 13.2. The average molecular weight is 414 g/mol.